The largest absolute Gasteiger partial charge is 0.379 e. The van der Waals surface area contributed by atoms with Crippen LogP contribution < -0.4 is 5.32 Å². The van der Waals surface area contributed by atoms with Gasteiger partial charge in [-0.3, -0.25) is 9.48 Å². The molecule has 0 radical (unpaired) electrons. The molecule has 1 unspecified atom stereocenters. The number of carbonyl (C=O) groups is 1. The zero-order valence-electron chi connectivity index (χ0n) is 12.4. The van der Waals surface area contributed by atoms with Crippen LogP contribution in [0.4, 0.5) is 0 Å². The second kappa shape index (κ2) is 6.31. The molecule has 7 heteroatoms. The molecule has 3 heterocycles. The maximum atomic E-state index is 12.3. The molecule has 1 N–H and O–H groups in total. The van der Waals surface area contributed by atoms with Gasteiger partial charge in [-0.25, -0.2) is 0 Å². The molecule has 1 aliphatic heterocycles. The van der Waals surface area contributed by atoms with Gasteiger partial charge in [-0.1, -0.05) is 11.2 Å². The van der Waals surface area contributed by atoms with Crippen LogP contribution in [0.5, 0.6) is 0 Å². The first-order valence-electron chi connectivity index (χ1n) is 7.22. The first kappa shape index (κ1) is 14.8. The molecule has 6 nitrogen and oxygen atoms in total. The van der Waals surface area contributed by atoms with Crippen LogP contribution in [0.15, 0.2) is 41.1 Å². The monoisotopic (exact) mass is 318 g/mol. The van der Waals surface area contributed by atoms with E-state index in [9.17, 15) is 4.79 Å². The predicted molar refractivity (Wildman–Crippen MR) is 84.8 cm³/mol. The molecule has 2 aromatic rings. The summed E-state index contributed by atoms with van der Waals surface area (Å²) in [4.78, 5) is 18.8. The molecule has 0 bridgehead atoms. The molecule has 0 fully saturated rings. The van der Waals surface area contributed by atoms with Gasteiger partial charge in [-0.05, 0) is 30.9 Å². The maximum Gasteiger partial charge on any atom is 0.267 e. The van der Waals surface area contributed by atoms with Crippen molar-refractivity contribution in [2.45, 2.75) is 31.9 Å². The SMILES string of the molecule is CC1(C(=O)NCCCn2cccn2)CC(c2cccs2)=NO1. The van der Waals surface area contributed by atoms with Crippen LogP contribution in [0.3, 0.4) is 0 Å². The molecule has 2 aromatic heterocycles. The van der Waals surface area contributed by atoms with E-state index in [2.05, 4.69) is 15.6 Å². The van der Waals surface area contributed by atoms with E-state index in [1.54, 1.807) is 24.5 Å². The number of carbonyl (C=O) groups excluding carboxylic acids is 1. The first-order valence-corrected chi connectivity index (χ1v) is 8.10. The van der Waals surface area contributed by atoms with Gasteiger partial charge in [0.1, 0.15) is 5.71 Å². The Morgan fingerprint density at radius 3 is 3.18 bits per heavy atom. The molecule has 22 heavy (non-hydrogen) atoms. The molecular formula is C15H18N4O2S. The number of nitrogens with one attached hydrogen (secondary N) is 1. The summed E-state index contributed by atoms with van der Waals surface area (Å²) < 4.78 is 1.85. The minimum atomic E-state index is -0.912. The Bertz CT molecular complexity index is 651. The van der Waals surface area contributed by atoms with Crippen LogP contribution in [0.1, 0.15) is 24.6 Å². The molecule has 0 saturated heterocycles. The predicted octanol–water partition coefficient (Wildman–Crippen LogP) is 2.03. The van der Waals surface area contributed by atoms with Gasteiger partial charge in [0.05, 0.1) is 4.88 Å². The van der Waals surface area contributed by atoms with Gasteiger partial charge in [0, 0.05) is 31.9 Å². The Morgan fingerprint density at radius 1 is 1.55 bits per heavy atom. The minimum Gasteiger partial charge on any atom is -0.379 e. The van der Waals surface area contributed by atoms with E-state index in [4.69, 9.17) is 4.84 Å². The molecule has 1 amide bonds. The van der Waals surface area contributed by atoms with Gasteiger partial charge >= 0.3 is 0 Å². The van der Waals surface area contributed by atoms with Gasteiger partial charge in [0.2, 0.25) is 5.60 Å². The second-order valence-electron chi connectivity index (χ2n) is 5.39. The Kier molecular flexibility index (Phi) is 4.24. The third-order valence-corrected chi connectivity index (χ3v) is 4.48. The third kappa shape index (κ3) is 3.19. The number of amides is 1. The highest BCUT2D eigenvalue weighted by atomic mass is 32.1. The van der Waals surface area contributed by atoms with Gasteiger partial charge in [0.25, 0.3) is 5.91 Å². The zero-order chi connectivity index (χ0) is 15.4. The molecular weight excluding hydrogens is 300 g/mol. The fourth-order valence-corrected chi connectivity index (χ4v) is 3.01. The fourth-order valence-electron chi connectivity index (χ4n) is 2.30. The third-order valence-electron chi connectivity index (χ3n) is 3.56. The second-order valence-corrected chi connectivity index (χ2v) is 6.34. The summed E-state index contributed by atoms with van der Waals surface area (Å²) in [7, 11) is 0. The number of thiophene rings is 1. The average molecular weight is 318 g/mol. The Balaban J connectivity index is 1.46. The highest BCUT2D eigenvalue weighted by Crippen LogP contribution is 2.28. The molecule has 0 aromatic carbocycles. The summed E-state index contributed by atoms with van der Waals surface area (Å²) >= 11 is 1.60. The standard InChI is InChI=1S/C15H18N4O2S/c1-15(11-12(18-21-15)13-5-2-10-22-13)14(20)16-6-3-8-19-9-4-7-17-19/h2,4-5,7,9-10H,3,6,8,11H2,1H3,(H,16,20). The molecule has 1 atom stereocenters. The number of oxime groups is 1. The van der Waals surface area contributed by atoms with Crippen LogP contribution in [0, 0.1) is 0 Å². The number of hydrogen-bond donors (Lipinski definition) is 1. The lowest BCUT2D eigenvalue weighted by atomic mass is 9.98. The van der Waals surface area contributed by atoms with Crippen molar-refractivity contribution in [1.82, 2.24) is 15.1 Å². The van der Waals surface area contributed by atoms with Gasteiger partial charge in [-0.2, -0.15) is 5.10 Å². The van der Waals surface area contributed by atoms with Crippen LogP contribution in [0.25, 0.3) is 0 Å². The van der Waals surface area contributed by atoms with Gasteiger partial charge < -0.3 is 10.2 Å². The van der Waals surface area contributed by atoms with Crippen molar-refractivity contribution < 1.29 is 9.63 Å². The number of hydrogen-bond acceptors (Lipinski definition) is 5. The summed E-state index contributed by atoms with van der Waals surface area (Å²) in [6.07, 6.45) is 4.97. The van der Waals surface area contributed by atoms with Crippen LogP contribution in [-0.2, 0) is 16.2 Å². The van der Waals surface area contributed by atoms with E-state index in [1.807, 2.05) is 34.5 Å². The Labute approximate surface area is 132 Å². The summed E-state index contributed by atoms with van der Waals surface area (Å²) in [5, 5.41) is 13.1. The fraction of sp³-hybridized carbons (Fsp3) is 0.400. The van der Waals surface area contributed by atoms with Crippen molar-refractivity contribution in [2.24, 2.45) is 5.16 Å². The molecule has 3 rings (SSSR count). The lowest BCUT2D eigenvalue weighted by molar-refractivity contribution is -0.141. The lowest BCUT2D eigenvalue weighted by Gasteiger charge is -2.20. The van der Waals surface area contributed by atoms with E-state index < -0.39 is 5.60 Å². The van der Waals surface area contributed by atoms with E-state index in [-0.39, 0.29) is 5.91 Å². The van der Waals surface area contributed by atoms with Gasteiger partial charge in [0.15, 0.2) is 0 Å². The summed E-state index contributed by atoms with van der Waals surface area (Å²) in [5.74, 6) is -0.122. The number of aromatic nitrogens is 2. The summed E-state index contributed by atoms with van der Waals surface area (Å²) in [6, 6.07) is 5.84. The topological polar surface area (TPSA) is 68.5 Å². The van der Waals surface area contributed by atoms with Crippen LogP contribution >= 0.6 is 11.3 Å². The molecule has 116 valence electrons. The van der Waals surface area contributed by atoms with E-state index >= 15 is 0 Å². The minimum absolute atomic E-state index is 0.122. The quantitative estimate of drug-likeness (QED) is 0.829. The summed E-state index contributed by atoms with van der Waals surface area (Å²) in [6.45, 7) is 3.15. The zero-order valence-corrected chi connectivity index (χ0v) is 13.2. The van der Waals surface area contributed by atoms with Crippen molar-refractivity contribution >= 4 is 23.0 Å². The van der Waals surface area contributed by atoms with Crippen LogP contribution in [-0.4, -0.2) is 33.5 Å². The highest BCUT2D eigenvalue weighted by molar-refractivity contribution is 7.12. The van der Waals surface area contributed by atoms with Crippen molar-refractivity contribution in [3.63, 3.8) is 0 Å². The van der Waals surface area contributed by atoms with E-state index in [0.29, 0.717) is 13.0 Å². The van der Waals surface area contributed by atoms with Crippen molar-refractivity contribution in [1.29, 1.82) is 0 Å². The number of rotatable bonds is 6. The van der Waals surface area contributed by atoms with Crippen molar-refractivity contribution in [3.8, 4) is 0 Å². The first-order chi connectivity index (χ1) is 10.7. The van der Waals surface area contributed by atoms with E-state index in [0.717, 1.165) is 23.6 Å². The van der Waals surface area contributed by atoms with Crippen molar-refractivity contribution in [3.05, 3.63) is 40.8 Å². The van der Waals surface area contributed by atoms with E-state index in [1.165, 1.54) is 0 Å². The highest BCUT2D eigenvalue weighted by Gasteiger charge is 2.42. The van der Waals surface area contributed by atoms with Crippen molar-refractivity contribution in [2.75, 3.05) is 6.54 Å². The Morgan fingerprint density at radius 2 is 2.45 bits per heavy atom. The average Bonchev–Trinajstić information content (AvgIpc) is 3.24. The normalized spacial score (nSPS) is 20.5. The molecule has 1 aliphatic rings. The molecule has 0 saturated carbocycles. The van der Waals surface area contributed by atoms with Crippen LogP contribution in [0.2, 0.25) is 0 Å². The Hall–Kier alpha value is -2.15. The maximum absolute atomic E-state index is 12.3. The molecule has 0 spiro atoms. The lowest BCUT2D eigenvalue weighted by Crippen LogP contribution is -2.45. The summed E-state index contributed by atoms with van der Waals surface area (Å²) in [5.41, 5.74) is -0.0745. The number of nitrogens with zero attached hydrogens (tertiary/aromatic N) is 3. The smallest absolute Gasteiger partial charge is 0.267 e. The number of aryl methyl sites for hydroxylation is 1. The molecule has 0 aliphatic carbocycles. The van der Waals surface area contributed by atoms with Gasteiger partial charge in [-0.15, -0.1) is 11.3 Å².